The fourth-order valence-electron chi connectivity index (χ4n) is 3.09. The molecule has 0 aliphatic rings. The first kappa shape index (κ1) is 21.4. The van der Waals surface area contributed by atoms with Gasteiger partial charge in [0.15, 0.2) is 0 Å². The van der Waals surface area contributed by atoms with Crippen LogP contribution in [0.3, 0.4) is 0 Å². The molecule has 4 aromatic rings. The number of nitrogens with one attached hydrogen (secondary N) is 1. The van der Waals surface area contributed by atoms with Crippen LogP contribution in [0.15, 0.2) is 69.1 Å². The third-order valence-electron chi connectivity index (χ3n) is 4.82. The Kier molecular flexibility index (Phi) is 5.59. The van der Waals surface area contributed by atoms with Crippen molar-refractivity contribution >= 4 is 32.7 Å². The molecule has 164 valence electrons. The number of aromatic nitrogens is 3. The molecule has 1 amide bonds. The lowest BCUT2D eigenvalue weighted by atomic mass is 10.1. The first-order chi connectivity index (χ1) is 15.2. The maximum atomic E-state index is 12.7. The molecule has 2 heterocycles. The molecular formula is C21H19N5O5S. The van der Waals surface area contributed by atoms with Crippen LogP contribution in [-0.4, -0.2) is 29.0 Å². The van der Waals surface area contributed by atoms with Gasteiger partial charge in [0.25, 0.3) is 11.1 Å². The predicted octanol–water partition coefficient (Wildman–Crippen LogP) is 2.04. The number of carbonyl (C=O) groups is 1. The number of benzene rings is 2. The van der Waals surface area contributed by atoms with Gasteiger partial charge in [0, 0.05) is 24.2 Å². The van der Waals surface area contributed by atoms with E-state index < -0.39 is 15.6 Å². The van der Waals surface area contributed by atoms with Crippen molar-refractivity contribution in [3.8, 4) is 11.3 Å². The number of nitrogens with zero attached hydrogens (tertiary/aromatic N) is 3. The summed E-state index contributed by atoms with van der Waals surface area (Å²) in [6.45, 7) is 2.04. The second-order valence-corrected chi connectivity index (χ2v) is 8.75. The number of sulfonamides is 1. The second kappa shape index (κ2) is 8.36. The van der Waals surface area contributed by atoms with E-state index >= 15 is 0 Å². The number of carbonyl (C=O) groups excluding carboxylic acids is 1. The van der Waals surface area contributed by atoms with Crippen molar-refractivity contribution in [2.45, 2.75) is 24.8 Å². The summed E-state index contributed by atoms with van der Waals surface area (Å²) in [5.41, 5.74) is 2.69. The number of hydrogen-bond acceptors (Lipinski definition) is 7. The smallest absolute Gasteiger partial charge is 0.299 e. The highest BCUT2D eigenvalue weighted by atomic mass is 32.2. The Morgan fingerprint density at radius 3 is 2.47 bits per heavy atom. The van der Waals surface area contributed by atoms with Gasteiger partial charge in [-0.3, -0.25) is 14.2 Å². The molecule has 0 fully saturated rings. The SMILES string of the molecule is Cc1ccc(-c2noc3c(=O)n(CCC(=O)Nc4ccc(S(N)(=O)=O)cc4)cnc23)cc1. The zero-order valence-corrected chi connectivity index (χ0v) is 17.8. The van der Waals surface area contributed by atoms with Gasteiger partial charge in [0.1, 0.15) is 11.2 Å². The van der Waals surface area contributed by atoms with E-state index in [0.717, 1.165) is 11.1 Å². The van der Waals surface area contributed by atoms with Crippen LogP contribution >= 0.6 is 0 Å². The van der Waals surface area contributed by atoms with Gasteiger partial charge < -0.3 is 9.84 Å². The van der Waals surface area contributed by atoms with E-state index in [9.17, 15) is 18.0 Å². The first-order valence-electron chi connectivity index (χ1n) is 9.57. The van der Waals surface area contributed by atoms with Crippen molar-refractivity contribution in [2.24, 2.45) is 5.14 Å². The van der Waals surface area contributed by atoms with Gasteiger partial charge in [-0.15, -0.1) is 0 Å². The largest absolute Gasteiger partial charge is 0.348 e. The number of primary sulfonamides is 1. The van der Waals surface area contributed by atoms with Gasteiger partial charge >= 0.3 is 0 Å². The summed E-state index contributed by atoms with van der Waals surface area (Å²) in [5.74, 6) is -0.363. The number of anilines is 1. The maximum Gasteiger partial charge on any atom is 0.299 e. The van der Waals surface area contributed by atoms with Gasteiger partial charge in [-0.25, -0.2) is 18.5 Å². The standard InChI is InChI=1S/C21H19N5O5S/c1-13-2-4-14(5-3-13)18-19-20(31-25-18)21(28)26(12-23-19)11-10-17(27)24-15-6-8-16(9-7-15)32(22,29)30/h2-9,12H,10-11H2,1H3,(H,24,27)(H2,22,29,30). The topological polar surface area (TPSA) is 150 Å². The molecule has 0 saturated carbocycles. The van der Waals surface area contributed by atoms with E-state index in [1.165, 1.54) is 35.2 Å². The van der Waals surface area contributed by atoms with Crippen LogP contribution in [0.25, 0.3) is 22.4 Å². The number of aryl methyl sites for hydroxylation is 2. The van der Waals surface area contributed by atoms with Crippen LogP contribution in [0.4, 0.5) is 5.69 Å². The predicted molar refractivity (Wildman–Crippen MR) is 117 cm³/mol. The van der Waals surface area contributed by atoms with Gasteiger partial charge in [0.05, 0.1) is 11.2 Å². The first-order valence-corrected chi connectivity index (χ1v) is 11.1. The monoisotopic (exact) mass is 453 g/mol. The van der Waals surface area contributed by atoms with Gasteiger partial charge in [-0.05, 0) is 31.2 Å². The quantitative estimate of drug-likeness (QED) is 0.453. The fourth-order valence-corrected chi connectivity index (χ4v) is 3.60. The van der Waals surface area contributed by atoms with Crippen LogP contribution in [0.5, 0.6) is 0 Å². The summed E-state index contributed by atoms with van der Waals surface area (Å²) < 4.78 is 29.1. The van der Waals surface area contributed by atoms with Crippen molar-refractivity contribution in [1.82, 2.24) is 14.7 Å². The van der Waals surface area contributed by atoms with E-state index in [4.69, 9.17) is 9.66 Å². The molecule has 0 radical (unpaired) electrons. The molecule has 4 rings (SSSR count). The zero-order chi connectivity index (χ0) is 22.9. The third-order valence-corrected chi connectivity index (χ3v) is 5.75. The summed E-state index contributed by atoms with van der Waals surface area (Å²) in [6, 6.07) is 13.1. The van der Waals surface area contributed by atoms with Gasteiger partial charge in [-0.2, -0.15) is 0 Å². The molecule has 0 atom stereocenters. The van der Waals surface area contributed by atoms with Crippen molar-refractivity contribution in [1.29, 1.82) is 0 Å². The number of amides is 1. The van der Waals surface area contributed by atoms with Gasteiger partial charge in [0.2, 0.25) is 15.9 Å². The molecular weight excluding hydrogens is 434 g/mol. The summed E-state index contributed by atoms with van der Waals surface area (Å²) in [5, 5.41) is 11.7. The Hall–Kier alpha value is -3.83. The molecule has 0 saturated heterocycles. The summed E-state index contributed by atoms with van der Waals surface area (Å²) in [7, 11) is -3.81. The van der Waals surface area contributed by atoms with Crippen molar-refractivity contribution in [3.63, 3.8) is 0 Å². The third kappa shape index (κ3) is 4.43. The summed E-state index contributed by atoms with van der Waals surface area (Å²) >= 11 is 0. The molecule has 2 aromatic heterocycles. The molecule has 0 unspecified atom stereocenters. The molecule has 2 aromatic carbocycles. The van der Waals surface area contributed by atoms with E-state index in [-0.39, 0.29) is 29.4 Å². The number of hydrogen-bond donors (Lipinski definition) is 2. The van der Waals surface area contributed by atoms with E-state index in [2.05, 4.69) is 15.5 Å². The highest BCUT2D eigenvalue weighted by molar-refractivity contribution is 7.89. The molecule has 11 heteroatoms. The lowest BCUT2D eigenvalue weighted by Crippen LogP contribution is -2.23. The number of rotatable bonds is 6. The molecule has 0 aliphatic heterocycles. The average Bonchev–Trinajstić information content (AvgIpc) is 3.18. The fraction of sp³-hybridized carbons (Fsp3) is 0.143. The molecule has 0 aliphatic carbocycles. The molecule has 10 nitrogen and oxygen atoms in total. The van der Waals surface area contributed by atoms with Crippen LogP contribution in [-0.2, 0) is 21.4 Å². The molecule has 0 bridgehead atoms. The molecule has 32 heavy (non-hydrogen) atoms. The average molecular weight is 453 g/mol. The Labute approximate surface area is 182 Å². The zero-order valence-electron chi connectivity index (χ0n) is 17.0. The van der Waals surface area contributed by atoms with E-state index in [1.807, 2.05) is 31.2 Å². The summed E-state index contributed by atoms with van der Waals surface area (Å²) in [6.07, 6.45) is 1.34. The van der Waals surface area contributed by atoms with E-state index in [0.29, 0.717) is 16.9 Å². The Balaban J connectivity index is 1.46. The van der Waals surface area contributed by atoms with Crippen LogP contribution in [0.2, 0.25) is 0 Å². The van der Waals surface area contributed by atoms with Crippen molar-refractivity contribution in [3.05, 3.63) is 70.8 Å². The van der Waals surface area contributed by atoms with Crippen molar-refractivity contribution < 1.29 is 17.7 Å². The number of nitrogens with two attached hydrogens (primary N) is 1. The highest BCUT2D eigenvalue weighted by Gasteiger charge is 2.17. The highest BCUT2D eigenvalue weighted by Crippen LogP contribution is 2.24. The maximum absolute atomic E-state index is 12.7. The van der Waals surface area contributed by atoms with Crippen LogP contribution < -0.4 is 16.0 Å². The Morgan fingerprint density at radius 1 is 1.12 bits per heavy atom. The van der Waals surface area contributed by atoms with Crippen LogP contribution in [0.1, 0.15) is 12.0 Å². The second-order valence-electron chi connectivity index (χ2n) is 7.19. The molecule has 3 N–H and O–H groups in total. The Morgan fingerprint density at radius 2 is 1.81 bits per heavy atom. The lowest BCUT2D eigenvalue weighted by molar-refractivity contribution is -0.116. The minimum Gasteiger partial charge on any atom is -0.348 e. The molecule has 0 spiro atoms. The minimum absolute atomic E-state index is 0.0109. The lowest BCUT2D eigenvalue weighted by Gasteiger charge is -2.07. The Bertz CT molecular complexity index is 1460. The minimum atomic E-state index is -3.81. The van der Waals surface area contributed by atoms with Crippen molar-refractivity contribution in [2.75, 3.05) is 5.32 Å². The van der Waals surface area contributed by atoms with E-state index in [1.54, 1.807) is 0 Å². The number of fused-ring (bicyclic) bond motifs is 1. The normalized spacial score (nSPS) is 11.6. The summed E-state index contributed by atoms with van der Waals surface area (Å²) in [4.78, 5) is 29.2. The van der Waals surface area contributed by atoms with Gasteiger partial charge in [-0.1, -0.05) is 35.0 Å². The van der Waals surface area contributed by atoms with Crippen LogP contribution in [0, 0.1) is 6.92 Å².